The molecular weight excluding hydrogens is 300 g/mol. The zero-order valence-corrected chi connectivity index (χ0v) is 12.7. The van der Waals surface area contributed by atoms with Gasteiger partial charge in [0.1, 0.15) is 23.9 Å². The van der Waals surface area contributed by atoms with Crippen LogP contribution in [0.3, 0.4) is 0 Å². The highest BCUT2D eigenvalue weighted by Gasteiger charge is 2.12. The Bertz CT molecular complexity index is 749. The predicted octanol–water partition coefficient (Wildman–Crippen LogP) is 0.789. The Balaban J connectivity index is 2.04. The van der Waals surface area contributed by atoms with Gasteiger partial charge < -0.3 is 19.1 Å². The maximum absolute atomic E-state index is 12.0. The van der Waals surface area contributed by atoms with Crippen LogP contribution in [-0.2, 0) is 4.79 Å². The number of para-hydroxylation sites is 1. The molecule has 2 aromatic rings. The van der Waals surface area contributed by atoms with Gasteiger partial charge in [-0.3, -0.25) is 4.79 Å². The fourth-order valence-corrected chi connectivity index (χ4v) is 1.93. The molecule has 0 saturated carbocycles. The van der Waals surface area contributed by atoms with Crippen molar-refractivity contribution in [2.75, 3.05) is 6.61 Å². The van der Waals surface area contributed by atoms with Gasteiger partial charge in [0.05, 0.1) is 17.7 Å². The minimum absolute atomic E-state index is 0.324. The first-order chi connectivity index (χ1) is 11.0. The van der Waals surface area contributed by atoms with Crippen LogP contribution >= 0.6 is 0 Å². The number of ether oxygens (including phenoxy) is 1. The van der Waals surface area contributed by atoms with E-state index in [4.69, 9.17) is 9.15 Å². The highest BCUT2D eigenvalue weighted by atomic mass is 16.5. The third-order valence-electron chi connectivity index (χ3n) is 2.92. The predicted molar refractivity (Wildman–Crippen MR) is 80.2 cm³/mol. The number of hydrogen-bond donors (Lipinski definition) is 1. The first-order valence-electron chi connectivity index (χ1n) is 6.79. The van der Waals surface area contributed by atoms with E-state index in [2.05, 4.69) is 10.5 Å². The molecule has 1 amide bonds. The lowest BCUT2D eigenvalue weighted by Gasteiger charge is -2.08. The van der Waals surface area contributed by atoms with Crippen molar-refractivity contribution in [3.8, 4) is 5.75 Å². The number of aryl methyl sites for hydroxylation is 2. The van der Waals surface area contributed by atoms with Gasteiger partial charge in [0, 0.05) is 5.56 Å². The van der Waals surface area contributed by atoms with E-state index in [-0.39, 0.29) is 0 Å². The van der Waals surface area contributed by atoms with Crippen molar-refractivity contribution in [1.82, 2.24) is 5.43 Å². The van der Waals surface area contributed by atoms with Crippen LogP contribution in [0.2, 0.25) is 0 Å². The van der Waals surface area contributed by atoms with Gasteiger partial charge in [-0.05, 0) is 32.0 Å². The summed E-state index contributed by atoms with van der Waals surface area (Å²) >= 11 is 0. The van der Waals surface area contributed by atoms with Gasteiger partial charge in [0.15, 0.2) is 0 Å². The number of carbonyl (C=O) groups excluding carboxylic acids is 2. The summed E-state index contributed by atoms with van der Waals surface area (Å²) in [6.07, 6.45) is 1.37. The lowest BCUT2D eigenvalue weighted by molar-refractivity contribution is -0.307. The van der Waals surface area contributed by atoms with Gasteiger partial charge in [-0.2, -0.15) is 5.10 Å². The summed E-state index contributed by atoms with van der Waals surface area (Å²) in [5.41, 5.74) is 3.31. The van der Waals surface area contributed by atoms with Crippen LogP contribution in [0.25, 0.3) is 0 Å². The monoisotopic (exact) mass is 315 g/mol. The molecule has 1 N–H and O–H groups in total. The van der Waals surface area contributed by atoms with Crippen LogP contribution in [0.5, 0.6) is 5.75 Å². The number of aliphatic carboxylic acids is 1. The van der Waals surface area contributed by atoms with E-state index in [1.54, 1.807) is 44.2 Å². The fraction of sp³-hybridized carbons (Fsp3) is 0.188. The third kappa shape index (κ3) is 4.44. The average Bonchev–Trinajstić information content (AvgIpc) is 2.85. The highest BCUT2D eigenvalue weighted by Crippen LogP contribution is 2.16. The number of carboxylic acid groups (broad SMARTS) is 1. The van der Waals surface area contributed by atoms with E-state index in [0.29, 0.717) is 28.4 Å². The van der Waals surface area contributed by atoms with Crippen molar-refractivity contribution in [3.05, 3.63) is 53.0 Å². The third-order valence-corrected chi connectivity index (χ3v) is 2.92. The van der Waals surface area contributed by atoms with E-state index in [1.807, 2.05) is 0 Å². The Hall–Kier alpha value is -3.09. The lowest BCUT2D eigenvalue weighted by atomic mass is 10.2. The summed E-state index contributed by atoms with van der Waals surface area (Å²) in [5, 5.41) is 14.3. The standard InChI is InChI=1S/C16H16N2O5/c1-10-7-13(11(2)23-10)16(21)18-17-8-12-5-3-4-6-14(12)22-9-15(19)20/h3-8H,9H2,1-2H3,(H,18,21)(H,19,20)/p-1/b17-8-. The number of carbonyl (C=O) groups is 2. The zero-order chi connectivity index (χ0) is 16.8. The Kier molecular flexibility index (Phi) is 5.14. The molecule has 0 spiro atoms. The number of amides is 1. The molecule has 1 aromatic heterocycles. The SMILES string of the molecule is Cc1cc(C(=O)N/N=C\c2ccccc2OCC(=O)[O-])c(C)o1. The van der Waals surface area contributed by atoms with Crippen LogP contribution < -0.4 is 15.3 Å². The molecule has 7 nitrogen and oxygen atoms in total. The van der Waals surface area contributed by atoms with Crippen LogP contribution in [-0.4, -0.2) is 24.7 Å². The molecule has 7 heteroatoms. The van der Waals surface area contributed by atoms with E-state index < -0.39 is 18.5 Å². The first kappa shape index (κ1) is 16.3. The highest BCUT2D eigenvalue weighted by molar-refractivity contribution is 5.96. The quantitative estimate of drug-likeness (QED) is 0.627. The van der Waals surface area contributed by atoms with Gasteiger partial charge in [0.25, 0.3) is 5.91 Å². The molecule has 23 heavy (non-hydrogen) atoms. The van der Waals surface area contributed by atoms with E-state index in [1.165, 1.54) is 6.21 Å². The average molecular weight is 315 g/mol. The number of rotatable bonds is 6. The molecule has 0 aliphatic rings. The van der Waals surface area contributed by atoms with Crippen molar-refractivity contribution in [2.24, 2.45) is 5.10 Å². The zero-order valence-electron chi connectivity index (χ0n) is 12.7. The smallest absolute Gasteiger partial charge is 0.274 e. The molecule has 1 aromatic carbocycles. The van der Waals surface area contributed by atoms with Crippen molar-refractivity contribution in [2.45, 2.75) is 13.8 Å². The maximum atomic E-state index is 12.0. The molecule has 0 aliphatic heterocycles. The summed E-state index contributed by atoms with van der Waals surface area (Å²) < 4.78 is 10.4. The second-order valence-electron chi connectivity index (χ2n) is 4.72. The molecule has 0 atom stereocenters. The van der Waals surface area contributed by atoms with Crippen LogP contribution in [0, 0.1) is 13.8 Å². The van der Waals surface area contributed by atoms with Gasteiger partial charge >= 0.3 is 0 Å². The maximum Gasteiger partial charge on any atom is 0.274 e. The molecule has 120 valence electrons. The molecule has 0 fully saturated rings. The second-order valence-corrected chi connectivity index (χ2v) is 4.72. The topological polar surface area (TPSA) is 104 Å². The molecule has 2 rings (SSSR count). The Morgan fingerprint density at radius 1 is 1.35 bits per heavy atom. The number of nitrogens with one attached hydrogen (secondary N) is 1. The number of carboxylic acids is 1. The van der Waals surface area contributed by atoms with Crippen molar-refractivity contribution >= 4 is 18.1 Å². The number of furan rings is 1. The summed E-state index contributed by atoms with van der Waals surface area (Å²) in [6, 6.07) is 8.32. The van der Waals surface area contributed by atoms with E-state index in [0.717, 1.165) is 0 Å². The first-order valence-corrected chi connectivity index (χ1v) is 6.79. The molecule has 0 aliphatic carbocycles. The summed E-state index contributed by atoms with van der Waals surface area (Å²) in [7, 11) is 0. The summed E-state index contributed by atoms with van der Waals surface area (Å²) in [5.74, 6) is -0.254. The van der Waals surface area contributed by atoms with Gasteiger partial charge in [-0.25, -0.2) is 5.43 Å². The van der Waals surface area contributed by atoms with Gasteiger partial charge in [-0.15, -0.1) is 0 Å². The largest absolute Gasteiger partial charge is 0.546 e. The van der Waals surface area contributed by atoms with Crippen molar-refractivity contribution < 1.29 is 23.8 Å². The molecule has 0 radical (unpaired) electrons. The minimum Gasteiger partial charge on any atom is -0.546 e. The molecular formula is C16H15N2O5-. The normalized spacial score (nSPS) is 10.7. The second kappa shape index (κ2) is 7.26. The lowest BCUT2D eigenvalue weighted by Crippen LogP contribution is -2.29. The van der Waals surface area contributed by atoms with Crippen LogP contribution in [0.1, 0.15) is 27.4 Å². The van der Waals surface area contributed by atoms with Crippen molar-refractivity contribution in [1.29, 1.82) is 0 Å². The number of nitrogens with zero attached hydrogens (tertiary/aromatic N) is 1. The Morgan fingerprint density at radius 3 is 2.74 bits per heavy atom. The number of hydrazone groups is 1. The Labute approximate surface area is 132 Å². The van der Waals surface area contributed by atoms with Gasteiger partial charge in [-0.1, -0.05) is 12.1 Å². The van der Waals surface area contributed by atoms with Crippen LogP contribution in [0.15, 0.2) is 39.9 Å². The fourth-order valence-electron chi connectivity index (χ4n) is 1.93. The van der Waals surface area contributed by atoms with Crippen LogP contribution in [0.4, 0.5) is 0 Å². The summed E-state index contributed by atoms with van der Waals surface area (Å²) in [6.45, 7) is 2.87. The number of hydrogen-bond acceptors (Lipinski definition) is 6. The molecule has 0 bridgehead atoms. The molecule has 1 heterocycles. The van der Waals surface area contributed by atoms with E-state index >= 15 is 0 Å². The molecule has 0 saturated heterocycles. The Morgan fingerprint density at radius 2 is 2.09 bits per heavy atom. The summed E-state index contributed by atoms with van der Waals surface area (Å²) in [4.78, 5) is 22.4. The minimum atomic E-state index is -1.32. The van der Waals surface area contributed by atoms with Crippen molar-refractivity contribution in [3.63, 3.8) is 0 Å². The van der Waals surface area contributed by atoms with Gasteiger partial charge in [0.2, 0.25) is 0 Å². The van der Waals surface area contributed by atoms with E-state index in [9.17, 15) is 14.7 Å². The number of benzene rings is 1. The molecule has 0 unspecified atom stereocenters.